The highest BCUT2D eigenvalue weighted by atomic mass is 19.4. The molecule has 12 heteroatoms. The summed E-state index contributed by atoms with van der Waals surface area (Å²) in [5, 5.41) is 11.7. The van der Waals surface area contributed by atoms with Crippen LogP contribution in [0, 0.1) is 20.9 Å². The summed E-state index contributed by atoms with van der Waals surface area (Å²) in [4.78, 5) is 41.2. The second-order valence-corrected chi connectivity index (χ2v) is 14.2. The Labute approximate surface area is 277 Å². The van der Waals surface area contributed by atoms with E-state index < -0.39 is 34.0 Å². The lowest BCUT2D eigenvalue weighted by molar-refractivity contribution is -0.385. The third kappa shape index (κ3) is 6.99. The van der Waals surface area contributed by atoms with Crippen molar-refractivity contribution >= 4 is 17.3 Å². The van der Waals surface area contributed by atoms with E-state index in [1.165, 1.54) is 6.07 Å². The van der Waals surface area contributed by atoms with E-state index in [-0.39, 0.29) is 40.5 Å². The van der Waals surface area contributed by atoms with Crippen LogP contribution in [-0.4, -0.2) is 48.3 Å². The van der Waals surface area contributed by atoms with E-state index in [9.17, 15) is 32.9 Å². The number of allylic oxidation sites excluding steroid dienone is 4. The summed E-state index contributed by atoms with van der Waals surface area (Å²) in [7, 11) is 1.64. The fraction of sp³-hybridized carbons (Fsp3) is 0.500. The van der Waals surface area contributed by atoms with Gasteiger partial charge >= 0.3 is 11.9 Å². The number of carbonyl (C=O) groups excluding carboxylic acids is 2. The molecular formula is C36H41F3N2O7. The fourth-order valence-corrected chi connectivity index (χ4v) is 7.12. The van der Waals surface area contributed by atoms with Gasteiger partial charge in [0.05, 0.1) is 17.1 Å². The first-order chi connectivity index (χ1) is 22.5. The number of ketones is 2. The molecule has 0 aromatic heterocycles. The monoisotopic (exact) mass is 670 g/mol. The third-order valence-electron chi connectivity index (χ3n) is 9.06. The zero-order chi connectivity index (χ0) is 35.2. The lowest BCUT2D eigenvalue weighted by atomic mass is 9.63. The SMILES string of the molecule is CCOc1cc(C2C3=C(CC(C)(C)CC3=O)N(CCCOC)C3=C2C(=O)CC(C)(C)C3)ccc1Oc1ccc(C(F)(F)F)cc1[N+](=O)[O-]. The average Bonchev–Trinajstić information content (AvgIpc) is 2.97. The topological polar surface area (TPSA) is 108 Å². The number of halogens is 3. The molecule has 2 aromatic carbocycles. The molecule has 0 N–H and O–H groups in total. The van der Waals surface area contributed by atoms with Crippen LogP contribution in [0.5, 0.6) is 17.2 Å². The minimum Gasteiger partial charge on any atom is -0.490 e. The number of hydrogen-bond acceptors (Lipinski definition) is 8. The number of alkyl halides is 3. The molecule has 0 atom stereocenters. The van der Waals surface area contributed by atoms with Gasteiger partial charge in [0.1, 0.15) is 0 Å². The number of hydrogen-bond donors (Lipinski definition) is 0. The van der Waals surface area contributed by atoms with Crippen LogP contribution in [0.3, 0.4) is 0 Å². The highest BCUT2D eigenvalue weighted by molar-refractivity contribution is 6.06. The van der Waals surface area contributed by atoms with Crippen molar-refractivity contribution in [3.8, 4) is 17.2 Å². The number of benzene rings is 2. The molecule has 1 heterocycles. The second kappa shape index (κ2) is 13.0. The molecule has 2 aliphatic carbocycles. The molecule has 9 nitrogen and oxygen atoms in total. The number of carbonyl (C=O) groups is 2. The van der Waals surface area contributed by atoms with Crippen LogP contribution in [0.2, 0.25) is 0 Å². The highest BCUT2D eigenvalue weighted by Crippen LogP contribution is 2.55. The van der Waals surface area contributed by atoms with E-state index in [1.807, 2.05) is 0 Å². The summed E-state index contributed by atoms with van der Waals surface area (Å²) in [6, 6.07) is 6.92. The standard InChI is InChI=1S/C36H41F3N2O7/c1-7-47-30-15-21(9-11-29(30)48-28-12-10-22(36(37,38)39)16-23(28)41(44)45)31-32-24(17-34(2,3)19-26(32)42)40(13-8-14-46-6)25-18-35(4,5)20-27(43)33(25)31/h9-12,15-16,31H,7-8,13-14,17-20H2,1-6H3. The maximum Gasteiger partial charge on any atom is 0.416 e. The Kier molecular flexibility index (Phi) is 9.53. The van der Waals surface area contributed by atoms with Crippen LogP contribution in [0.4, 0.5) is 18.9 Å². The van der Waals surface area contributed by atoms with Crippen LogP contribution >= 0.6 is 0 Å². The number of nitrogens with zero attached hydrogens (tertiary/aromatic N) is 2. The van der Waals surface area contributed by atoms with Gasteiger partial charge in [-0.3, -0.25) is 19.7 Å². The van der Waals surface area contributed by atoms with Crippen molar-refractivity contribution in [1.82, 2.24) is 4.90 Å². The molecule has 0 spiro atoms. The summed E-state index contributed by atoms with van der Waals surface area (Å²) in [5.41, 5.74) is 0.956. The molecule has 2 aromatic rings. The fourth-order valence-electron chi connectivity index (χ4n) is 7.12. The number of nitro benzene ring substituents is 1. The van der Waals surface area contributed by atoms with E-state index in [0.717, 1.165) is 17.5 Å². The minimum atomic E-state index is -4.78. The van der Waals surface area contributed by atoms with Gasteiger partial charge < -0.3 is 19.1 Å². The zero-order valence-corrected chi connectivity index (χ0v) is 28.1. The first-order valence-electron chi connectivity index (χ1n) is 16.1. The van der Waals surface area contributed by atoms with Crippen LogP contribution in [0.1, 0.15) is 83.8 Å². The minimum absolute atomic E-state index is 0.0363. The number of ether oxygens (including phenoxy) is 3. The van der Waals surface area contributed by atoms with Gasteiger partial charge in [-0.05, 0) is 66.8 Å². The Morgan fingerprint density at radius 2 is 1.48 bits per heavy atom. The van der Waals surface area contributed by atoms with E-state index >= 15 is 0 Å². The van der Waals surface area contributed by atoms with Crippen molar-refractivity contribution in [3.05, 3.63) is 80.2 Å². The number of Topliss-reactive ketones (excluding diaryl/α,β-unsaturated/α-hetero) is 2. The summed E-state index contributed by atoms with van der Waals surface area (Å²) in [6.07, 6.45) is -2.17. The van der Waals surface area contributed by atoms with Gasteiger partial charge in [0.15, 0.2) is 23.1 Å². The summed E-state index contributed by atoms with van der Waals surface area (Å²) < 4.78 is 57.0. The van der Waals surface area contributed by atoms with E-state index in [1.54, 1.807) is 26.2 Å². The molecule has 0 bridgehead atoms. The average molecular weight is 671 g/mol. The van der Waals surface area contributed by atoms with Crippen molar-refractivity contribution < 1.29 is 41.9 Å². The summed E-state index contributed by atoms with van der Waals surface area (Å²) in [5.74, 6) is -0.930. The van der Waals surface area contributed by atoms with Crippen molar-refractivity contribution in [1.29, 1.82) is 0 Å². The Morgan fingerprint density at radius 1 is 0.896 bits per heavy atom. The summed E-state index contributed by atoms with van der Waals surface area (Å²) >= 11 is 0. The van der Waals surface area contributed by atoms with Crippen LogP contribution in [-0.2, 0) is 20.5 Å². The molecule has 1 aliphatic heterocycles. The third-order valence-corrected chi connectivity index (χ3v) is 9.06. The molecule has 0 saturated heterocycles. The van der Waals surface area contributed by atoms with Gasteiger partial charge in [-0.2, -0.15) is 13.2 Å². The molecule has 0 radical (unpaired) electrons. The first-order valence-corrected chi connectivity index (χ1v) is 16.1. The molecular weight excluding hydrogens is 629 g/mol. The van der Waals surface area contributed by atoms with Gasteiger partial charge in [0, 0.05) is 67.6 Å². The largest absolute Gasteiger partial charge is 0.490 e. The predicted molar refractivity (Wildman–Crippen MR) is 172 cm³/mol. The Hall–Kier alpha value is -4.19. The second-order valence-electron chi connectivity index (χ2n) is 14.2. The van der Waals surface area contributed by atoms with Gasteiger partial charge in [-0.1, -0.05) is 33.8 Å². The molecule has 0 amide bonds. The Bertz CT molecular complexity index is 1650. The van der Waals surface area contributed by atoms with E-state index in [0.29, 0.717) is 74.1 Å². The van der Waals surface area contributed by atoms with E-state index in [2.05, 4.69) is 32.6 Å². The van der Waals surface area contributed by atoms with Crippen molar-refractivity contribution in [2.45, 2.75) is 78.8 Å². The van der Waals surface area contributed by atoms with Gasteiger partial charge in [-0.15, -0.1) is 0 Å². The van der Waals surface area contributed by atoms with Crippen LogP contribution < -0.4 is 9.47 Å². The Balaban J connectivity index is 1.66. The summed E-state index contributed by atoms with van der Waals surface area (Å²) in [6.45, 7) is 11.3. The maximum atomic E-state index is 14.1. The Morgan fingerprint density at radius 3 is 2.00 bits per heavy atom. The van der Waals surface area contributed by atoms with Crippen molar-refractivity contribution in [3.63, 3.8) is 0 Å². The molecule has 258 valence electrons. The number of nitro groups is 1. The molecule has 5 rings (SSSR count). The van der Waals surface area contributed by atoms with Crippen molar-refractivity contribution in [2.75, 3.05) is 26.9 Å². The lowest BCUT2D eigenvalue weighted by Gasteiger charge is -2.49. The van der Waals surface area contributed by atoms with Crippen LogP contribution in [0.25, 0.3) is 0 Å². The number of rotatable bonds is 10. The van der Waals surface area contributed by atoms with E-state index in [4.69, 9.17) is 14.2 Å². The maximum absolute atomic E-state index is 14.1. The molecule has 3 aliphatic rings. The number of methoxy groups -OCH3 is 1. The quantitative estimate of drug-likeness (QED) is 0.141. The molecule has 0 unspecified atom stereocenters. The smallest absolute Gasteiger partial charge is 0.416 e. The lowest BCUT2D eigenvalue weighted by Crippen LogP contribution is -2.44. The molecule has 0 fully saturated rings. The van der Waals surface area contributed by atoms with Gasteiger partial charge in [-0.25, -0.2) is 0 Å². The van der Waals surface area contributed by atoms with Crippen molar-refractivity contribution in [2.24, 2.45) is 10.8 Å². The van der Waals surface area contributed by atoms with Gasteiger partial charge in [0.2, 0.25) is 5.75 Å². The van der Waals surface area contributed by atoms with Crippen LogP contribution in [0.15, 0.2) is 58.9 Å². The molecule has 0 saturated carbocycles. The first kappa shape index (κ1) is 35.1. The molecule has 48 heavy (non-hydrogen) atoms. The highest BCUT2D eigenvalue weighted by Gasteiger charge is 2.49. The van der Waals surface area contributed by atoms with Gasteiger partial charge in [0.25, 0.3) is 0 Å². The zero-order valence-electron chi connectivity index (χ0n) is 28.1. The predicted octanol–water partition coefficient (Wildman–Crippen LogP) is 8.53. The normalized spacial score (nSPS) is 19.3.